The number of imidazole rings is 1. The number of fused-ring (bicyclic) bond motifs is 1. The maximum atomic E-state index is 14.3. The van der Waals surface area contributed by atoms with Crippen molar-refractivity contribution in [2.75, 3.05) is 23.8 Å². The van der Waals surface area contributed by atoms with Crippen LogP contribution < -0.4 is 16.4 Å². The number of rotatable bonds is 5. The molecule has 3 aromatic rings. The molecule has 0 spiro atoms. The standard InChI is InChI=1S/C22H28FN7O/c23-17-3-1-2-4-18(17)27-22-28-19-13-25-21(26-15-7-5-14(24)6-8-15)29-20(19)30(22)16-9-11-31-12-10-16/h1-4,13-16H,5-12,24H2,(H,27,28)(H,25,26,29). The number of ether oxygens (including phenoxy) is 1. The van der Waals surface area contributed by atoms with E-state index in [9.17, 15) is 4.39 Å². The number of hydrogen-bond donors (Lipinski definition) is 3. The zero-order valence-corrected chi connectivity index (χ0v) is 17.4. The van der Waals surface area contributed by atoms with Gasteiger partial charge in [0.25, 0.3) is 0 Å². The summed E-state index contributed by atoms with van der Waals surface area (Å²) >= 11 is 0. The van der Waals surface area contributed by atoms with Crippen LogP contribution in [-0.4, -0.2) is 44.8 Å². The molecular formula is C22H28FN7O. The average Bonchev–Trinajstić information content (AvgIpc) is 3.15. The minimum Gasteiger partial charge on any atom is -0.381 e. The van der Waals surface area contributed by atoms with Crippen LogP contribution in [0.5, 0.6) is 0 Å². The van der Waals surface area contributed by atoms with Gasteiger partial charge in [-0.1, -0.05) is 12.1 Å². The van der Waals surface area contributed by atoms with Crippen LogP contribution in [0.15, 0.2) is 30.5 Å². The number of para-hydroxylation sites is 1. The lowest BCUT2D eigenvalue weighted by Gasteiger charge is -2.27. The van der Waals surface area contributed by atoms with E-state index in [-0.39, 0.29) is 11.9 Å². The third-order valence-corrected chi connectivity index (χ3v) is 6.21. The molecular weight excluding hydrogens is 397 g/mol. The summed E-state index contributed by atoms with van der Waals surface area (Å²) in [6, 6.07) is 7.39. The smallest absolute Gasteiger partial charge is 0.224 e. The highest BCUT2D eigenvalue weighted by Gasteiger charge is 2.25. The van der Waals surface area contributed by atoms with Gasteiger partial charge in [0, 0.05) is 31.3 Å². The Balaban J connectivity index is 1.49. The van der Waals surface area contributed by atoms with Gasteiger partial charge in [-0.15, -0.1) is 0 Å². The number of nitrogens with zero attached hydrogens (tertiary/aromatic N) is 4. The van der Waals surface area contributed by atoms with Crippen molar-refractivity contribution in [3.63, 3.8) is 0 Å². The Labute approximate surface area is 180 Å². The Morgan fingerprint density at radius 3 is 2.58 bits per heavy atom. The molecule has 2 aliphatic rings. The van der Waals surface area contributed by atoms with E-state index in [1.807, 2.05) is 0 Å². The van der Waals surface area contributed by atoms with Crippen molar-refractivity contribution in [1.29, 1.82) is 0 Å². The van der Waals surface area contributed by atoms with E-state index >= 15 is 0 Å². The van der Waals surface area contributed by atoms with Crippen molar-refractivity contribution < 1.29 is 9.13 Å². The molecule has 0 radical (unpaired) electrons. The van der Waals surface area contributed by atoms with Crippen molar-refractivity contribution >= 4 is 28.7 Å². The number of nitrogens with one attached hydrogen (secondary N) is 2. The first-order chi connectivity index (χ1) is 15.2. The Hall–Kier alpha value is -2.78. The fraction of sp³-hybridized carbons (Fsp3) is 0.500. The van der Waals surface area contributed by atoms with Gasteiger partial charge in [0.2, 0.25) is 11.9 Å². The molecule has 3 heterocycles. The van der Waals surface area contributed by atoms with Crippen LogP contribution in [0.1, 0.15) is 44.6 Å². The molecule has 1 saturated heterocycles. The highest BCUT2D eigenvalue weighted by Crippen LogP contribution is 2.32. The SMILES string of the molecule is NC1CCC(Nc2ncc3nc(Nc4ccccc4F)n(C4CCOCC4)c3n2)CC1. The Morgan fingerprint density at radius 2 is 1.81 bits per heavy atom. The maximum absolute atomic E-state index is 14.3. The van der Waals surface area contributed by atoms with Crippen LogP contribution in [-0.2, 0) is 4.74 Å². The first kappa shape index (κ1) is 20.1. The summed E-state index contributed by atoms with van der Waals surface area (Å²) in [4.78, 5) is 14.0. The monoisotopic (exact) mass is 425 g/mol. The molecule has 8 nitrogen and oxygen atoms in total. The fourth-order valence-electron chi connectivity index (χ4n) is 4.47. The van der Waals surface area contributed by atoms with E-state index in [1.54, 1.807) is 24.4 Å². The van der Waals surface area contributed by atoms with Crippen molar-refractivity contribution in [2.24, 2.45) is 5.73 Å². The van der Waals surface area contributed by atoms with Crippen LogP contribution >= 0.6 is 0 Å². The van der Waals surface area contributed by atoms with Crippen molar-refractivity contribution in [3.05, 3.63) is 36.3 Å². The highest BCUT2D eigenvalue weighted by atomic mass is 19.1. The van der Waals surface area contributed by atoms with Gasteiger partial charge in [-0.3, -0.25) is 4.57 Å². The Bertz CT molecular complexity index is 1040. The number of anilines is 3. The fourth-order valence-corrected chi connectivity index (χ4v) is 4.47. The minimum absolute atomic E-state index is 0.170. The van der Waals surface area contributed by atoms with Crippen molar-refractivity contribution in [3.8, 4) is 0 Å². The molecule has 1 aliphatic carbocycles. The lowest BCUT2D eigenvalue weighted by atomic mass is 9.92. The predicted octanol–water partition coefficient (Wildman–Crippen LogP) is 3.74. The minimum atomic E-state index is -0.322. The Kier molecular flexibility index (Phi) is 5.69. The molecule has 9 heteroatoms. The van der Waals surface area contributed by atoms with Gasteiger partial charge >= 0.3 is 0 Å². The lowest BCUT2D eigenvalue weighted by Crippen LogP contribution is -2.33. The normalized spacial score (nSPS) is 22.5. The molecule has 0 amide bonds. The average molecular weight is 426 g/mol. The van der Waals surface area contributed by atoms with E-state index < -0.39 is 0 Å². The summed E-state index contributed by atoms with van der Waals surface area (Å²) < 4.78 is 21.9. The topological polar surface area (TPSA) is 103 Å². The zero-order chi connectivity index (χ0) is 21.2. The molecule has 164 valence electrons. The maximum Gasteiger partial charge on any atom is 0.224 e. The summed E-state index contributed by atoms with van der Waals surface area (Å²) in [7, 11) is 0. The van der Waals surface area contributed by atoms with Gasteiger partial charge in [-0.25, -0.2) is 14.4 Å². The summed E-state index contributed by atoms with van der Waals surface area (Å²) in [5.74, 6) is 0.845. The van der Waals surface area contributed by atoms with Crippen LogP contribution in [0, 0.1) is 5.82 Å². The van der Waals surface area contributed by atoms with E-state index in [2.05, 4.69) is 20.2 Å². The third kappa shape index (κ3) is 4.33. The van der Waals surface area contributed by atoms with Crippen LogP contribution in [0.2, 0.25) is 0 Å². The van der Waals surface area contributed by atoms with Gasteiger partial charge < -0.3 is 21.1 Å². The molecule has 1 aliphatic heterocycles. The molecule has 1 saturated carbocycles. The van der Waals surface area contributed by atoms with Gasteiger partial charge in [0.05, 0.1) is 11.9 Å². The van der Waals surface area contributed by atoms with Crippen molar-refractivity contribution in [1.82, 2.24) is 19.5 Å². The van der Waals surface area contributed by atoms with E-state index in [1.165, 1.54) is 6.07 Å². The summed E-state index contributed by atoms with van der Waals surface area (Å²) in [5, 5.41) is 6.63. The molecule has 31 heavy (non-hydrogen) atoms. The van der Waals surface area contributed by atoms with Crippen LogP contribution in [0.3, 0.4) is 0 Å². The van der Waals surface area contributed by atoms with Crippen LogP contribution in [0.25, 0.3) is 11.2 Å². The van der Waals surface area contributed by atoms with E-state index in [0.717, 1.165) is 44.2 Å². The molecule has 1 aromatic carbocycles. The summed E-state index contributed by atoms with van der Waals surface area (Å²) in [5.41, 5.74) is 7.84. The third-order valence-electron chi connectivity index (χ3n) is 6.21. The largest absolute Gasteiger partial charge is 0.381 e. The van der Waals surface area contributed by atoms with Gasteiger partial charge in [0.1, 0.15) is 11.3 Å². The molecule has 0 atom stereocenters. The van der Waals surface area contributed by atoms with E-state index in [0.29, 0.717) is 48.4 Å². The van der Waals surface area contributed by atoms with Gasteiger partial charge in [0.15, 0.2) is 5.65 Å². The second-order valence-electron chi connectivity index (χ2n) is 8.41. The second-order valence-corrected chi connectivity index (χ2v) is 8.41. The zero-order valence-electron chi connectivity index (χ0n) is 17.4. The second kappa shape index (κ2) is 8.76. The number of halogens is 1. The number of nitrogens with two attached hydrogens (primary N) is 1. The van der Waals surface area contributed by atoms with E-state index in [4.69, 9.17) is 20.4 Å². The highest BCUT2D eigenvalue weighted by molar-refractivity contribution is 5.76. The van der Waals surface area contributed by atoms with Gasteiger partial charge in [-0.2, -0.15) is 4.98 Å². The number of hydrogen-bond acceptors (Lipinski definition) is 7. The molecule has 0 unspecified atom stereocenters. The van der Waals surface area contributed by atoms with Crippen molar-refractivity contribution in [2.45, 2.75) is 56.7 Å². The quantitative estimate of drug-likeness (QED) is 0.572. The Morgan fingerprint density at radius 1 is 1.03 bits per heavy atom. The molecule has 2 aromatic heterocycles. The first-order valence-corrected chi connectivity index (χ1v) is 11.0. The number of benzene rings is 1. The predicted molar refractivity (Wildman–Crippen MR) is 118 cm³/mol. The summed E-state index contributed by atoms with van der Waals surface area (Å²) in [6.07, 6.45) is 7.49. The number of aromatic nitrogens is 4. The first-order valence-electron chi connectivity index (χ1n) is 11.0. The molecule has 4 N–H and O–H groups in total. The lowest BCUT2D eigenvalue weighted by molar-refractivity contribution is 0.0710. The molecule has 2 fully saturated rings. The molecule has 5 rings (SSSR count). The summed E-state index contributed by atoms with van der Waals surface area (Å²) in [6.45, 7) is 1.37. The molecule has 0 bridgehead atoms. The van der Waals surface area contributed by atoms with Gasteiger partial charge in [-0.05, 0) is 50.7 Å². The van der Waals surface area contributed by atoms with Crippen LogP contribution in [0.4, 0.5) is 22.0 Å².